The van der Waals surface area contributed by atoms with E-state index in [9.17, 15) is 18.0 Å². The highest BCUT2D eigenvalue weighted by Crippen LogP contribution is 2.36. The van der Waals surface area contributed by atoms with E-state index in [0.717, 1.165) is 38.8 Å². The van der Waals surface area contributed by atoms with E-state index in [1.807, 2.05) is 30.2 Å². The summed E-state index contributed by atoms with van der Waals surface area (Å²) in [4.78, 5) is 31.2. The number of hydrogen-bond acceptors (Lipinski definition) is 5. The fraction of sp³-hybridized carbons (Fsp3) is 0.467. The van der Waals surface area contributed by atoms with Gasteiger partial charge >= 0.3 is 0 Å². The second-order valence-corrected chi connectivity index (χ2v) is 13.4. The molecule has 0 radical (unpaired) electrons. The number of hydrogen-bond donors (Lipinski definition) is 1. The third kappa shape index (κ3) is 5.78. The summed E-state index contributed by atoms with van der Waals surface area (Å²) in [5.41, 5.74) is 0.152. The van der Waals surface area contributed by atoms with Crippen LogP contribution in [0.1, 0.15) is 42.5 Å². The summed E-state index contributed by atoms with van der Waals surface area (Å²) in [7, 11) is -2.16. The van der Waals surface area contributed by atoms with Gasteiger partial charge in [-0.25, -0.2) is 8.42 Å². The van der Waals surface area contributed by atoms with Gasteiger partial charge in [0, 0.05) is 26.7 Å². The van der Waals surface area contributed by atoms with Gasteiger partial charge in [0.25, 0.3) is 15.9 Å². The highest BCUT2D eigenvalue weighted by molar-refractivity contribution is 7.92. The Hall–Kier alpha value is -2.88. The smallest absolute Gasteiger partial charge is 0.264 e. The molecule has 40 heavy (non-hydrogen) atoms. The van der Waals surface area contributed by atoms with Crippen molar-refractivity contribution in [2.75, 3.05) is 50.6 Å². The molecule has 3 heterocycles. The maximum Gasteiger partial charge on any atom is 0.264 e. The average Bonchev–Trinajstić information content (AvgIpc) is 2.97. The first kappa shape index (κ1) is 28.6. The molecule has 214 valence electrons. The highest BCUT2D eigenvalue weighted by atomic mass is 35.5. The Balaban J connectivity index is 1.58. The van der Waals surface area contributed by atoms with Gasteiger partial charge in [0.15, 0.2) is 0 Å². The Morgan fingerprint density at radius 3 is 2.50 bits per heavy atom. The van der Waals surface area contributed by atoms with Crippen molar-refractivity contribution in [2.24, 2.45) is 11.3 Å². The zero-order valence-corrected chi connectivity index (χ0v) is 24.5. The molecule has 0 aliphatic carbocycles. The topological polar surface area (TPSA) is 90.0 Å². The molecule has 2 saturated heterocycles. The van der Waals surface area contributed by atoms with Gasteiger partial charge in [-0.2, -0.15) is 0 Å². The lowest BCUT2D eigenvalue weighted by molar-refractivity contribution is -0.143. The van der Waals surface area contributed by atoms with Crippen molar-refractivity contribution >= 4 is 39.1 Å². The van der Waals surface area contributed by atoms with Crippen LogP contribution < -0.4 is 9.62 Å². The number of allylic oxidation sites excluding steroid dienone is 1. The first-order chi connectivity index (χ1) is 19.2. The van der Waals surface area contributed by atoms with Crippen LogP contribution in [-0.4, -0.2) is 76.3 Å². The third-order valence-electron chi connectivity index (χ3n) is 8.45. The number of carbonyl (C=O) groups excluding carboxylic acids is 2. The molecule has 0 saturated carbocycles. The first-order valence-electron chi connectivity index (χ1n) is 14.0. The fourth-order valence-corrected chi connectivity index (χ4v) is 7.87. The van der Waals surface area contributed by atoms with Gasteiger partial charge in [-0.15, -0.1) is 0 Å². The number of para-hydroxylation sites is 1. The van der Waals surface area contributed by atoms with E-state index in [0.29, 0.717) is 31.7 Å². The van der Waals surface area contributed by atoms with Gasteiger partial charge in [0.05, 0.1) is 33.1 Å². The predicted octanol–water partition coefficient (Wildman–Crippen LogP) is 4.18. The summed E-state index contributed by atoms with van der Waals surface area (Å²) in [5, 5.41) is 3.59. The molecular formula is C30H37ClN4O4S. The Morgan fingerprint density at radius 1 is 1.00 bits per heavy atom. The normalized spacial score (nSPS) is 24.6. The number of amides is 2. The van der Waals surface area contributed by atoms with Gasteiger partial charge in [-0.1, -0.05) is 42.0 Å². The number of carbonyl (C=O) groups is 2. The summed E-state index contributed by atoms with van der Waals surface area (Å²) >= 11 is 6.47. The Bertz CT molecular complexity index is 1380. The van der Waals surface area contributed by atoms with E-state index in [1.165, 1.54) is 22.5 Å². The van der Waals surface area contributed by atoms with Crippen LogP contribution in [0.2, 0.25) is 5.02 Å². The lowest BCUT2D eigenvalue weighted by atomic mass is 9.74. The van der Waals surface area contributed by atoms with Crippen LogP contribution in [-0.2, 0) is 14.8 Å². The lowest BCUT2D eigenvalue weighted by Crippen LogP contribution is -2.50. The number of nitrogens with one attached hydrogen (secondary N) is 1. The second kappa shape index (κ2) is 11.9. The maximum atomic E-state index is 14.0. The molecule has 1 unspecified atom stereocenters. The molecule has 5 rings (SSSR count). The molecule has 3 aliphatic heterocycles. The predicted molar refractivity (Wildman–Crippen MR) is 157 cm³/mol. The second-order valence-electron chi connectivity index (χ2n) is 11.2. The van der Waals surface area contributed by atoms with Crippen molar-refractivity contribution in [3.8, 4) is 0 Å². The van der Waals surface area contributed by atoms with Crippen LogP contribution in [0.15, 0.2) is 65.6 Å². The minimum absolute atomic E-state index is 0.0140. The van der Waals surface area contributed by atoms with Crippen molar-refractivity contribution < 1.29 is 18.0 Å². The lowest BCUT2D eigenvalue weighted by Gasteiger charge is -2.40. The molecule has 1 atom stereocenters. The van der Waals surface area contributed by atoms with Gasteiger partial charge < -0.3 is 15.1 Å². The van der Waals surface area contributed by atoms with E-state index in [-0.39, 0.29) is 39.8 Å². The summed E-state index contributed by atoms with van der Waals surface area (Å²) in [6, 6.07) is 13.3. The van der Waals surface area contributed by atoms with Crippen molar-refractivity contribution in [1.82, 2.24) is 15.1 Å². The first-order valence-corrected chi connectivity index (χ1v) is 15.8. The zero-order chi connectivity index (χ0) is 28.3. The minimum atomic E-state index is -4.03. The van der Waals surface area contributed by atoms with Crippen molar-refractivity contribution in [3.05, 3.63) is 71.3 Å². The van der Waals surface area contributed by atoms with Crippen molar-refractivity contribution in [3.63, 3.8) is 0 Å². The summed E-state index contributed by atoms with van der Waals surface area (Å²) in [6.45, 7) is 3.25. The Morgan fingerprint density at radius 2 is 1.75 bits per heavy atom. The Kier molecular flexibility index (Phi) is 8.54. The molecule has 1 N–H and O–H groups in total. The van der Waals surface area contributed by atoms with E-state index in [2.05, 4.69) is 5.32 Å². The van der Waals surface area contributed by atoms with Crippen LogP contribution in [0.3, 0.4) is 0 Å². The molecular weight excluding hydrogens is 548 g/mol. The number of anilines is 1. The van der Waals surface area contributed by atoms with Gasteiger partial charge in [-0.05, 0) is 81.4 Å². The number of halogens is 1. The number of sulfonamides is 1. The van der Waals surface area contributed by atoms with Crippen LogP contribution in [0.25, 0.3) is 0 Å². The number of nitrogens with zero attached hydrogens (tertiary/aromatic N) is 3. The van der Waals surface area contributed by atoms with Crippen molar-refractivity contribution in [1.29, 1.82) is 0 Å². The largest absolute Gasteiger partial charge is 0.345 e. The van der Waals surface area contributed by atoms with Crippen LogP contribution in [0.4, 0.5) is 5.69 Å². The molecule has 2 aromatic carbocycles. The van der Waals surface area contributed by atoms with Crippen LogP contribution in [0.5, 0.6) is 0 Å². The quantitative estimate of drug-likeness (QED) is 0.508. The minimum Gasteiger partial charge on any atom is -0.345 e. The van der Waals surface area contributed by atoms with Crippen LogP contribution >= 0.6 is 11.6 Å². The monoisotopic (exact) mass is 584 g/mol. The summed E-state index contributed by atoms with van der Waals surface area (Å²) < 4.78 is 29.4. The molecule has 10 heteroatoms. The summed E-state index contributed by atoms with van der Waals surface area (Å²) in [5.74, 6) is -0.0319. The molecule has 2 aromatic rings. The SMILES string of the molecule is CN1CC2CCCN(C2)C(=O)c2cc(ccc2Cl)S(=O)(=O)N(c2ccccc2)C/C=C/CC2(CCNCC2)C1=O. The van der Waals surface area contributed by atoms with Crippen molar-refractivity contribution in [2.45, 2.75) is 37.0 Å². The summed E-state index contributed by atoms with van der Waals surface area (Å²) in [6.07, 6.45) is 7.51. The van der Waals surface area contributed by atoms with E-state index in [4.69, 9.17) is 11.6 Å². The number of rotatable bonds is 1. The molecule has 1 spiro atoms. The van der Waals surface area contributed by atoms with Crippen LogP contribution in [0, 0.1) is 11.3 Å². The Labute approximate surface area is 242 Å². The molecule has 8 nitrogen and oxygen atoms in total. The molecule has 3 aliphatic rings. The molecule has 2 amide bonds. The van der Waals surface area contributed by atoms with E-state index in [1.54, 1.807) is 29.2 Å². The number of fused-ring (bicyclic) bond motifs is 4. The maximum absolute atomic E-state index is 14.0. The molecule has 2 fully saturated rings. The van der Waals surface area contributed by atoms with Gasteiger partial charge in [0.1, 0.15) is 0 Å². The van der Waals surface area contributed by atoms with Gasteiger partial charge in [0.2, 0.25) is 5.91 Å². The third-order valence-corrected chi connectivity index (χ3v) is 10.6. The van der Waals surface area contributed by atoms with E-state index < -0.39 is 15.4 Å². The molecule has 0 aromatic heterocycles. The highest BCUT2D eigenvalue weighted by Gasteiger charge is 2.41. The zero-order valence-electron chi connectivity index (χ0n) is 22.9. The van der Waals surface area contributed by atoms with E-state index >= 15 is 0 Å². The molecule has 4 bridgehead atoms. The standard InChI is InChI=1S/C30H37ClN4O4S/c1-33-21-23-8-7-18-34(22-23)28(36)26-20-25(11-12-27(26)31)40(38,39)35(24-9-3-2-4-10-24)19-6-5-13-30(29(33)37)14-16-32-17-15-30/h2-6,9-12,20,23,32H,7-8,13-19,21-22H2,1H3/b6-5+. The number of benzene rings is 2. The average molecular weight is 585 g/mol. The fourth-order valence-electron chi connectivity index (χ4n) is 6.23. The number of piperidine rings is 2. The van der Waals surface area contributed by atoms with Gasteiger partial charge in [-0.3, -0.25) is 13.9 Å².